The van der Waals surface area contributed by atoms with E-state index >= 15 is 0 Å². The summed E-state index contributed by atoms with van der Waals surface area (Å²) in [5.74, 6) is 0. The van der Waals surface area contributed by atoms with Gasteiger partial charge in [-0.15, -0.1) is 0 Å². The lowest BCUT2D eigenvalue weighted by molar-refractivity contribution is 1.18. The van der Waals surface area contributed by atoms with E-state index in [1.165, 1.54) is 43.7 Å². The monoisotopic (exact) mass is 715 g/mol. The van der Waals surface area contributed by atoms with E-state index in [1.807, 2.05) is 48.8 Å². The molecule has 0 atom stereocenters. The summed E-state index contributed by atoms with van der Waals surface area (Å²) in [7, 11) is 0. The van der Waals surface area contributed by atoms with Crippen molar-refractivity contribution in [2.24, 2.45) is 0 Å². The molecule has 5 heteroatoms. The molecule has 0 spiro atoms. The van der Waals surface area contributed by atoms with Crippen LogP contribution in [0.4, 0.5) is 0 Å². The highest BCUT2D eigenvalue weighted by Crippen LogP contribution is 2.41. The first-order valence-electron chi connectivity index (χ1n) is 18.8. The fourth-order valence-corrected chi connectivity index (χ4v) is 8.26. The average Bonchev–Trinajstić information content (AvgIpc) is 3.83. The molecule has 11 rings (SSSR count). The van der Waals surface area contributed by atoms with Crippen molar-refractivity contribution in [1.29, 1.82) is 0 Å². The molecule has 5 heterocycles. The van der Waals surface area contributed by atoms with Crippen LogP contribution >= 0.6 is 0 Å². The van der Waals surface area contributed by atoms with Crippen molar-refractivity contribution in [1.82, 2.24) is 24.5 Å². The lowest BCUT2D eigenvalue weighted by Crippen LogP contribution is -1.94. The molecular weight excluding hydrogens is 683 g/mol. The van der Waals surface area contributed by atoms with Crippen LogP contribution in [0.1, 0.15) is 0 Å². The predicted molar refractivity (Wildman–Crippen MR) is 231 cm³/mol. The minimum absolute atomic E-state index is 0.802. The molecule has 0 fully saturated rings. The molecule has 1 N–H and O–H groups in total. The fourth-order valence-electron chi connectivity index (χ4n) is 8.26. The lowest BCUT2D eigenvalue weighted by Gasteiger charge is -2.10. The summed E-state index contributed by atoms with van der Waals surface area (Å²) >= 11 is 0. The Bertz CT molecular complexity index is 3160. The molecule has 6 aromatic carbocycles. The molecule has 0 unspecified atom stereocenters. The Morgan fingerprint density at radius 2 is 0.893 bits per heavy atom. The molecule has 262 valence electrons. The van der Waals surface area contributed by atoms with Crippen LogP contribution in [-0.4, -0.2) is 24.5 Å². The van der Waals surface area contributed by atoms with E-state index in [0.717, 1.165) is 61.8 Å². The van der Waals surface area contributed by atoms with E-state index in [2.05, 4.69) is 165 Å². The van der Waals surface area contributed by atoms with Crippen LogP contribution in [0.15, 0.2) is 194 Å². The molecule has 0 bridgehead atoms. The normalized spacial score (nSPS) is 11.6. The van der Waals surface area contributed by atoms with Crippen molar-refractivity contribution in [3.63, 3.8) is 0 Å². The zero-order chi connectivity index (χ0) is 37.0. The Kier molecular flexibility index (Phi) is 7.42. The van der Waals surface area contributed by atoms with E-state index < -0.39 is 0 Å². The number of nitrogens with one attached hydrogen (secondary N) is 1. The van der Waals surface area contributed by atoms with Crippen molar-refractivity contribution in [2.45, 2.75) is 0 Å². The number of fused-ring (bicyclic) bond motifs is 6. The van der Waals surface area contributed by atoms with Gasteiger partial charge >= 0.3 is 0 Å². The number of para-hydroxylation sites is 3. The average molecular weight is 716 g/mol. The number of nitrogens with zero attached hydrogens (tertiary/aromatic N) is 4. The summed E-state index contributed by atoms with van der Waals surface area (Å²) in [4.78, 5) is 18.2. The molecule has 56 heavy (non-hydrogen) atoms. The maximum absolute atomic E-state index is 5.03. The van der Waals surface area contributed by atoms with Gasteiger partial charge in [0.25, 0.3) is 0 Å². The van der Waals surface area contributed by atoms with Crippen molar-refractivity contribution in [2.75, 3.05) is 0 Å². The van der Waals surface area contributed by atoms with Crippen LogP contribution in [-0.2, 0) is 0 Å². The van der Waals surface area contributed by atoms with Crippen LogP contribution in [0.3, 0.4) is 0 Å². The predicted octanol–water partition coefficient (Wildman–Crippen LogP) is 12.9. The van der Waals surface area contributed by atoms with Gasteiger partial charge in [0.1, 0.15) is 0 Å². The van der Waals surface area contributed by atoms with Crippen molar-refractivity contribution in [3.05, 3.63) is 194 Å². The van der Waals surface area contributed by atoms with E-state index in [0.29, 0.717) is 0 Å². The van der Waals surface area contributed by atoms with E-state index in [4.69, 9.17) is 4.98 Å². The molecule has 5 aromatic heterocycles. The molecular formula is C51H33N5. The van der Waals surface area contributed by atoms with Crippen molar-refractivity contribution >= 4 is 43.6 Å². The Labute approximate surface area is 323 Å². The molecule has 0 saturated carbocycles. The van der Waals surface area contributed by atoms with Crippen LogP contribution in [0.2, 0.25) is 0 Å². The summed E-state index contributed by atoms with van der Waals surface area (Å²) < 4.78 is 2.38. The molecule has 0 saturated heterocycles. The minimum Gasteiger partial charge on any atom is -0.353 e. The number of aromatic amines is 1. The molecule has 0 aliphatic carbocycles. The first-order chi connectivity index (χ1) is 27.8. The van der Waals surface area contributed by atoms with Gasteiger partial charge in [0.15, 0.2) is 0 Å². The highest BCUT2D eigenvalue weighted by atomic mass is 15.0. The highest BCUT2D eigenvalue weighted by Gasteiger charge is 2.18. The summed E-state index contributed by atoms with van der Waals surface area (Å²) in [6.07, 6.45) is 3.62. The van der Waals surface area contributed by atoms with Crippen LogP contribution in [0.25, 0.3) is 105 Å². The molecule has 5 nitrogen and oxygen atoms in total. The van der Waals surface area contributed by atoms with Gasteiger partial charge in [-0.3, -0.25) is 9.97 Å². The van der Waals surface area contributed by atoms with Gasteiger partial charge in [-0.05, 0) is 95.1 Å². The molecule has 0 aliphatic heterocycles. The SMILES string of the molecule is c1ccc(-c2ccc3c(c2)c2cc(-c4cccc5c4[nH]c4c(-c6cc(-c7ccccn7)nc(-c7ccccn7)c6)cccc45)ccc2n3-c2ccccc2)cc1. The van der Waals surface area contributed by atoms with Gasteiger partial charge in [0.05, 0.1) is 44.8 Å². The van der Waals surface area contributed by atoms with Gasteiger partial charge < -0.3 is 9.55 Å². The maximum atomic E-state index is 5.03. The number of hydrogen-bond donors (Lipinski definition) is 1. The highest BCUT2D eigenvalue weighted by molar-refractivity contribution is 6.17. The topological polar surface area (TPSA) is 59.4 Å². The smallest absolute Gasteiger partial charge is 0.0900 e. The largest absolute Gasteiger partial charge is 0.353 e. The second-order valence-corrected chi connectivity index (χ2v) is 14.1. The molecule has 11 aromatic rings. The second kappa shape index (κ2) is 13.0. The van der Waals surface area contributed by atoms with Gasteiger partial charge in [-0.25, -0.2) is 4.98 Å². The summed E-state index contributed by atoms with van der Waals surface area (Å²) in [6.45, 7) is 0. The number of aromatic nitrogens is 5. The van der Waals surface area contributed by atoms with Gasteiger partial charge in [0.2, 0.25) is 0 Å². The first kappa shape index (κ1) is 31.9. The third-order valence-electron chi connectivity index (χ3n) is 10.9. The van der Waals surface area contributed by atoms with Gasteiger partial charge in [0, 0.05) is 50.8 Å². The standard InChI is InChI=1S/C51H33N5/c1-3-13-33(14-4-1)34-23-25-48-42(29-34)43-30-35(24-26-49(43)56(48)37-15-5-2-6-16-37)38-17-11-19-40-41-20-12-18-39(51(41)55-50(38)40)36-31-46(44-21-7-9-27-52-44)54-47(32-36)45-22-8-10-28-53-45/h1-32,55H. The molecule has 0 aliphatic rings. The zero-order valence-corrected chi connectivity index (χ0v) is 30.3. The Balaban J connectivity index is 1.11. The van der Waals surface area contributed by atoms with E-state index in [-0.39, 0.29) is 0 Å². The minimum atomic E-state index is 0.802. The summed E-state index contributed by atoms with van der Waals surface area (Å²) in [6, 6.07) is 64.3. The number of rotatable bonds is 6. The third-order valence-corrected chi connectivity index (χ3v) is 10.9. The number of benzene rings is 6. The number of H-pyrrole nitrogens is 1. The molecule has 0 radical (unpaired) electrons. The van der Waals surface area contributed by atoms with Crippen LogP contribution in [0.5, 0.6) is 0 Å². The Morgan fingerprint density at radius 1 is 0.357 bits per heavy atom. The van der Waals surface area contributed by atoms with Crippen molar-refractivity contribution in [3.8, 4) is 61.8 Å². The molecule has 0 amide bonds. The van der Waals surface area contributed by atoms with Gasteiger partial charge in [-0.2, -0.15) is 0 Å². The summed E-state index contributed by atoms with van der Waals surface area (Å²) in [5.41, 5.74) is 15.8. The zero-order valence-electron chi connectivity index (χ0n) is 30.3. The fraction of sp³-hybridized carbons (Fsp3) is 0. The van der Waals surface area contributed by atoms with Crippen LogP contribution in [0, 0.1) is 0 Å². The second-order valence-electron chi connectivity index (χ2n) is 14.1. The quantitative estimate of drug-likeness (QED) is 0.186. The van der Waals surface area contributed by atoms with Gasteiger partial charge in [-0.1, -0.05) is 109 Å². The Morgan fingerprint density at radius 3 is 1.48 bits per heavy atom. The van der Waals surface area contributed by atoms with Crippen molar-refractivity contribution < 1.29 is 0 Å². The van der Waals surface area contributed by atoms with Crippen LogP contribution < -0.4 is 0 Å². The maximum Gasteiger partial charge on any atom is 0.0900 e. The number of hydrogen-bond acceptors (Lipinski definition) is 3. The summed E-state index contributed by atoms with van der Waals surface area (Å²) in [5, 5.41) is 4.79. The van der Waals surface area contributed by atoms with E-state index in [9.17, 15) is 0 Å². The first-order valence-corrected chi connectivity index (χ1v) is 18.8. The lowest BCUT2D eigenvalue weighted by atomic mass is 9.98. The Hall–Kier alpha value is -7.63. The van der Waals surface area contributed by atoms with E-state index in [1.54, 1.807) is 0 Å². The third kappa shape index (κ3) is 5.29. The number of pyridine rings is 3.